The SMILES string of the molecule is O=C1C2C(c3ccc(Oc4ccccc4)cc3)NC(Cc3ccccc3)(C(=O)O)C2C(=O)N1CC=Cc1ccccc1. The van der Waals surface area contributed by atoms with Crippen molar-refractivity contribution in [3.8, 4) is 11.5 Å². The van der Waals surface area contributed by atoms with Crippen LogP contribution in [0.25, 0.3) is 6.08 Å². The van der Waals surface area contributed by atoms with E-state index >= 15 is 0 Å². The first-order chi connectivity index (χ1) is 20.5. The molecule has 42 heavy (non-hydrogen) atoms. The van der Waals surface area contributed by atoms with Gasteiger partial charge in [-0.15, -0.1) is 0 Å². The topological polar surface area (TPSA) is 95.9 Å². The average Bonchev–Trinajstić information content (AvgIpc) is 3.49. The van der Waals surface area contributed by atoms with Crippen molar-refractivity contribution < 1.29 is 24.2 Å². The zero-order chi connectivity index (χ0) is 29.1. The van der Waals surface area contributed by atoms with Gasteiger partial charge in [-0.05, 0) is 41.0 Å². The number of fused-ring (bicyclic) bond motifs is 1. The van der Waals surface area contributed by atoms with Crippen molar-refractivity contribution >= 4 is 23.9 Å². The van der Waals surface area contributed by atoms with Gasteiger partial charge in [-0.2, -0.15) is 0 Å². The summed E-state index contributed by atoms with van der Waals surface area (Å²) in [4.78, 5) is 42.1. The number of hydrogen-bond acceptors (Lipinski definition) is 5. The van der Waals surface area contributed by atoms with E-state index in [9.17, 15) is 19.5 Å². The van der Waals surface area contributed by atoms with E-state index < -0.39 is 35.3 Å². The Bertz CT molecular complexity index is 1610. The third-order valence-electron chi connectivity index (χ3n) is 8.07. The maximum absolute atomic E-state index is 13.9. The highest BCUT2D eigenvalue weighted by Crippen LogP contribution is 2.50. The second-order valence-electron chi connectivity index (χ2n) is 10.6. The Balaban J connectivity index is 1.34. The fourth-order valence-corrected chi connectivity index (χ4v) is 6.11. The third kappa shape index (κ3) is 5.10. The fraction of sp³-hybridized carbons (Fsp3) is 0.171. The van der Waals surface area contributed by atoms with E-state index in [2.05, 4.69) is 5.32 Å². The number of imide groups is 1. The van der Waals surface area contributed by atoms with Crippen LogP contribution in [0.2, 0.25) is 0 Å². The number of para-hydroxylation sites is 1. The molecule has 2 N–H and O–H groups in total. The lowest BCUT2D eigenvalue weighted by Crippen LogP contribution is -2.57. The van der Waals surface area contributed by atoms with E-state index in [1.165, 1.54) is 4.90 Å². The van der Waals surface area contributed by atoms with E-state index in [-0.39, 0.29) is 18.9 Å². The number of nitrogens with one attached hydrogen (secondary N) is 1. The van der Waals surface area contributed by atoms with Crippen molar-refractivity contribution in [2.75, 3.05) is 6.54 Å². The molecule has 0 aliphatic carbocycles. The van der Waals surface area contributed by atoms with Crippen LogP contribution in [0, 0.1) is 11.8 Å². The number of ether oxygens (including phenoxy) is 1. The monoisotopic (exact) mass is 558 g/mol. The number of aliphatic carboxylic acids is 1. The number of rotatable bonds is 9. The first-order valence-corrected chi connectivity index (χ1v) is 13.9. The van der Waals surface area contributed by atoms with Crippen LogP contribution in [0.5, 0.6) is 11.5 Å². The van der Waals surface area contributed by atoms with Crippen LogP contribution >= 0.6 is 0 Å². The van der Waals surface area contributed by atoms with E-state index in [1.807, 2.05) is 109 Å². The van der Waals surface area contributed by atoms with Gasteiger partial charge in [0.25, 0.3) is 0 Å². The van der Waals surface area contributed by atoms with Gasteiger partial charge in [0.1, 0.15) is 17.0 Å². The van der Waals surface area contributed by atoms with Gasteiger partial charge >= 0.3 is 5.97 Å². The van der Waals surface area contributed by atoms with Crippen LogP contribution in [-0.4, -0.2) is 39.9 Å². The highest BCUT2D eigenvalue weighted by atomic mass is 16.5. The fourth-order valence-electron chi connectivity index (χ4n) is 6.11. The van der Waals surface area contributed by atoms with Crippen LogP contribution in [0.1, 0.15) is 22.7 Å². The van der Waals surface area contributed by atoms with Crippen LogP contribution in [0.4, 0.5) is 0 Å². The highest BCUT2D eigenvalue weighted by molar-refractivity contribution is 6.09. The summed E-state index contributed by atoms with van der Waals surface area (Å²) >= 11 is 0. The summed E-state index contributed by atoms with van der Waals surface area (Å²) in [6.45, 7) is 0.0666. The molecule has 0 bridgehead atoms. The van der Waals surface area contributed by atoms with Gasteiger partial charge in [0.2, 0.25) is 11.8 Å². The molecule has 210 valence electrons. The highest BCUT2D eigenvalue weighted by Gasteiger charge is 2.68. The molecular formula is C35H30N2O5. The van der Waals surface area contributed by atoms with Gasteiger partial charge in [0, 0.05) is 19.0 Å². The maximum Gasteiger partial charge on any atom is 0.325 e. The molecule has 4 atom stereocenters. The standard InChI is InChI=1S/C35H30N2O5/c38-32-29-30(33(39)37(32)22-10-15-24-11-4-1-5-12-24)35(34(40)41,23-25-13-6-2-7-14-25)36-31(29)26-18-20-28(21-19-26)42-27-16-8-3-9-17-27/h1-21,29-31,36H,22-23H2,(H,40,41). The molecule has 0 saturated carbocycles. The van der Waals surface area contributed by atoms with Crippen LogP contribution < -0.4 is 10.1 Å². The summed E-state index contributed by atoms with van der Waals surface area (Å²) in [7, 11) is 0. The van der Waals surface area contributed by atoms with Crippen molar-refractivity contribution in [2.45, 2.75) is 18.0 Å². The zero-order valence-corrected chi connectivity index (χ0v) is 22.8. The molecule has 2 saturated heterocycles. The quantitative estimate of drug-likeness (QED) is 0.263. The Morgan fingerprint density at radius 1 is 0.810 bits per heavy atom. The molecule has 7 nitrogen and oxygen atoms in total. The molecule has 4 unspecified atom stereocenters. The number of carbonyl (C=O) groups is 3. The van der Waals surface area contributed by atoms with E-state index in [4.69, 9.17) is 4.74 Å². The first kappa shape index (κ1) is 27.2. The number of likely N-dealkylation sites (tertiary alicyclic amines) is 1. The van der Waals surface area contributed by atoms with Gasteiger partial charge < -0.3 is 9.84 Å². The Labute approximate surface area is 244 Å². The molecule has 4 aromatic rings. The summed E-state index contributed by atoms with van der Waals surface area (Å²) in [5, 5.41) is 14.0. The summed E-state index contributed by atoms with van der Waals surface area (Å²) in [6, 6.07) is 34.7. The number of nitrogens with zero attached hydrogens (tertiary/aromatic N) is 1. The van der Waals surface area contributed by atoms with Crippen LogP contribution in [-0.2, 0) is 20.8 Å². The molecule has 0 spiro atoms. The molecular weight excluding hydrogens is 528 g/mol. The lowest BCUT2D eigenvalue weighted by atomic mass is 9.76. The molecule has 4 aromatic carbocycles. The van der Waals surface area contributed by atoms with Crippen molar-refractivity contribution in [3.63, 3.8) is 0 Å². The Morgan fingerprint density at radius 2 is 1.40 bits per heavy atom. The Hall–Kier alpha value is -5.01. The van der Waals surface area contributed by atoms with Gasteiger partial charge in [0.05, 0.1) is 11.8 Å². The van der Waals surface area contributed by atoms with Crippen LogP contribution in [0.15, 0.2) is 121 Å². The molecule has 2 heterocycles. The number of carboxylic acid groups (broad SMARTS) is 1. The second-order valence-corrected chi connectivity index (χ2v) is 10.6. The molecule has 2 amide bonds. The average molecular weight is 559 g/mol. The number of amides is 2. The number of hydrogen-bond donors (Lipinski definition) is 2. The minimum Gasteiger partial charge on any atom is -0.480 e. The van der Waals surface area contributed by atoms with Gasteiger partial charge in [-0.25, -0.2) is 0 Å². The van der Waals surface area contributed by atoms with Crippen molar-refractivity contribution in [1.82, 2.24) is 10.2 Å². The van der Waals surface area contributed by atoms with Gasteiger partial charge in [-0.3, -0.25) is 24.6 Å². The summed E-state index contributed by atoms with van der Waals surface area (Å²) in [5.41, 5.74) is 0.754. The molecule has 0 aromatic heterocycles. The van der Waals surface area contributed by atoms with E-state index in [0.717, 1.165) is 11.1 Å². The van der Waals surface area contributed by atoms with Crippen LogP contribution in [0.3, 0.4) is 0 Å². The number of benzene rings is 4. The predicted molar refractivity (Wildman–Crippen MR) is 159 cm³/mol. The second kappa shape index (κ2) is 11.5. The minimum atomic E-state index is -1.67. The largest absolute Gasteiger partial charge is 0.480 e. The molecule has 2 fully saturated rings. The van der Waals surface area contributed by atoms with Crippen molar-refractivity contribution in [1.29, 1.82) is 0 Å². The van der Waals surface area contributed by atoms with Gasteiger partial charge in [0.15, 0.2) is 0 Å². The number of carbonyl (C=O) groups excluding carboxylic acids is 2. The van der Waals surface area contributed by atoms with E-state index in [1.54, 1.807) is 18.2 Å². The molecule has 2 aliphatic rings. The Morgan fingerprint density at radius 3 is 2.05 bits per heavy atom. The lowest BCUT2D eigenvalue weighted by Gasteiger charge is -2.31. The summed E-state index contributed by atoms with van der Waals surface area (Å²) < 4.78 is 5.93. The molecule has 7 heteroatoms. The zero-order valence-electron chi connectivity index (χ0n) is 22.8. The molecule has 6 rings (SSSR count). The number of carboxylic acids is 1. The predicted octanol–water partition coefficient (Wildman–Crippen LogP) is 5.50. The van der Waals surface area contributed by atoms with E-state index in [0.29, 0.717) is 17.1 Å². The summed E-state index contributed by atoms with van der Waals surface area (Å²) in [6.07, 6.45) is 3.68. The molecule has 0 radical (unpaired) electrons. The minimum absolute atomic E-state index is 0.0583. The van der Waals surface area contributed by atoms with Crippen molar-refractivity contribution in [3.05, 3.63) is 138 Å². The third-order valence-corrected chi connectivity index (χ3v) is 8.07. The maximum atomic E-state index is 13.9. The Kier molecular flexibility index (Phi) is 7.42. The van der Waals surface area contributed by atoms with Gasteiger partial charge in [-0.1, -0.05) is 103 Å². The summed E-state index contributed by atoms with van der Waals surface area (Å²) in [5.74, 6) is -2.65. The smallest absolute Gasteiger partial charge is 0.325 e. The van der Waals surface area contributed by atoms with Crippen molar-refractivity contribution in [2.24, 2.45) is 11.8 Å². The molecule has 2 aliphatic heterocycles. The first-order valence-electron chi connectivity index (χ1n) is 13.9. The lowest BCUT2D eigenvalue weighted by molar-refractivity contribution is -0.151. The normalized spacial score (nSPS) is 23.3.